The highest BCUT2D eigenvalue weighted by atomic mass is 32.2. The van der Waals surface area contributed by atoms with Crippen molar-refractivity contribution in [1.29, 1.82) is 0 Å². The van der Waals surface area contributed by atoms with Gasteiger partial charge in [0.15, 0.2) is 0 Å². The number of carbonyl (C=O) groups is 1. The molecule has 2 heterocycles. The molecule has 3 aromatic rings. The molecule has 1 fully saturated rings. The van der Waals surface area contributed by atoms with E-state index < -0.39 is 10.0 Å². The minimum absolute atomic E-state index is 0.111. The first-order valence-electron chi connectivity index (χ1n) is 9.82. The molecule has 1 aromatic heterocycles. The van der Waals surface area contributed by atoms with Crippen molar-refractivity contribution in [2.75, 3.05) is 24.2 Å². The number of anilines is 1. The Balaban J connectivity index is 1.36. The third-order valence-corrected chi connectivity index (χ3v) is 7.69. The number of aromatic nitrogens is 4. The van der Waals surface area contributed by atoms with Gasteiger partial charge >= 0.3 is 0 Å². The zero-order valence-corrected chi connectivity index (χ0v) is 18.6. The van der Waals surface area contributed by atoms with Crippen molar-refractivity contribution in [3.05, 3.63) is 54.1 Å². The predicted molar refractivity (Wildman–Crippen MR) is 118 cm³/mol. The molecule has 0 spiro atoms. The number of nitrogens with one attached hydrogen (secondary N) is 1. The molecule has 0 atom stereocenters. The third kappa shape index (κ3) is 4.94. The summed E-state index contributed by atoms with van der Waals surface area (Å²) in [6, 6.07) is 14.0. The van der Waals surface area contributed by atoms with Crippen LogP contribution < -0.4 is 5.32 Å². The van der Waals surface area contributed by atoms with Gasteiger partial charge in [0.25, 0.3) is 0 Å². The third-order valence-electron chi connectivity index (χ3n) is 4.86. The molecule has 4 rings (SSSR count). The molecule has 162 valence electrons. The Morgan fingerprint density at radius 2 is 1.87 bits per heavy atom. The standard InChI is InChI=1S/C20H22N6O3S2/c1-15-5-4-6-17(13-15)26-20(22-23-24-26)30-14-19(27)21-16-7-9-18(10-8-16)31(28,29)25-11-2-3-12-25/h4-10,13H,2-3,11-12,14H2,1H3,(H,21,27). The summed E-state index contributed by atoms with van der Waals surface area (Å²) in [5, 5.41) is 15.0. The summed E-state index contributed by atoms with van der Waals surface area (Å²) in [5.41, 5.74) is 2.43. The number of amides is 1. The fourth-order valence-electron chi connectivity index (χ4n) is 3.31. The molecule has 0 aliphatic carbocycles. The average Bonchev–Trinajstić information content (AvgIpc) is 3.45. The fraction of sp³-hybridized carbons (Fsp3) is 0.300. The van der Waals surface area contributed by atoms with Gasteiger partial charge in [0.1, 0.15) is 0 Å². The largest absolute Gasteiger partial charge is 0.325 e. The van der Waals surface area contributed by atoms with Crippen molar-refractivity contribution in [1.82, 2.24) is 24.5 Å². The summed E-state index contributed by atoms with van der Waals surface area (Å²) in [7, 11) is -3.47. The lowest BCUT2D eigenvalue weighted by molar-refractivity contribution is -0.113. The molecule has 1 N–H and O–H groups in total. The van der Waals surface area contributed by atoms with Gasteiger partial charge in [-0.1, -0.05) is 23.9 Å². The van der Waals surface area contributed by atoms with Crippen LogP contribution in [0.5, 0.6) is 0 Å². The molecule has 1 aliphatic rings. The van der Waals surface area contributed by atoms with Crippen LogP contribution >= 0.6 is 11.8 Å². The summed E-state index contributed by atoms with van der Waals surface area (Å²) >= 11 is 1.22. The van der Waals surface area contributed by atoms with Crippen LogP contribution in [0.25, 0.3) is 5.69 Å². The lowest BCUT2D eigenvalue weighted by atomic mass is 10.2. The van der Waals surface area contributed by atoms with Crippen LogP contribution in [-0.4, -0.2) is 57.7 Å². The van der Waals surface area contributed by atoms with E-state index in [4.69, 9.17) is 0 Å². The maximum atomic E-state index is 12.6. The Morgan fingerprint density at radius 1 is 1.13 bits per heavy atom. The van der Waals surface area contributed by atoms with Crippen LogP contribution in [0.1, 0.15) is 18.4 Å². The SMILES string of the molecule is Cc1cccc(-n2nnnc2SCC(=O)Nc2ccc(S(=O)(=O)N3CCCC3)cc2)c1. The second-order valence-electron chi connectivity index (χ2n) is 7.18. The van der Waals surface area contributed by atoms with Crippen molar-refractivity contribution in [3.8, 4) is 5.69 Å². The average molecular weight is 459 g/mol. The number of hydrogen-bond donors (Lipinski definition) is 1. The number of thioether (sulfide) groups is 1. The molecule has 31 heavy (non-hydrogen) atoms. The first-order valence-corrected chi connectivity index (χ1v) is 12.2. The van der Waals surface area contributed by atoms with Gasteiger partial charge in [-0.15, -0.1) is 5.10 Å². The molecule has 11 heteroatoms. The first-order chi connectivity index (χ1) is 14.9. The van der Waals surface area contributed by atoms with Gasteiger partial charge in [0.2, 0.25) is 21.1 Å². The van der Waals surface area contributed by atoms with Crippen LogP contribution in [0.15, 0.2) is 58.6 Å². The second-order valence-corrected chi connectivity index (χ2v) is 10.1. The van der Waals surface area contributed by atoms with Gasteiger partial charge < -0.3 is 5.32 Å². The molecule has 1 saturated heterocycles. The number of tetrazole rings is 1. The van der Waals surface area contributed by atoms with E-state index in [-0.39, 0.29) is 16.6 Å². The quantitative estimate of drug-likeness (QED) is 0.542. The maximum Gasteiger partial charge on any atom is 0.243 e. The molecule has 0 radical (unpaired) electrons. The number of rotatable bonds is 7. The normalized spacial score (nSPS) is 14.6. The maximum absolute atomic E-state index is 12.6. The molecule has 1 amide bonds. The van der Waals surface area contributed by atoms with Crippen LogP contribution in [0, 0.1) is 6.92 Å². The predicted octanol–water partition coefficient (Wildman–Crippen LogP) is 2.49. The smallest absolute Gasteiger partial charge is 0.243 e. The molecular weight excluding hydrogens is 436 g/mol. The Kier molecular flexibility index (Phi) is 6.35. The monoisotopic (exact) mass is 458 g/mol. The van der Waals surface area contributed by atoms with Gasteiger partial charge in [0, 0.05) is 18.8 Å². The molecule has 2 aromatic carbocycles. The summed E-state index contributed by atoms with van der Waals surface area (Å²) in [6.07, 6.45) is 1.77. The number of hydrogen-bond acceptors (Lipinski definition) is 7. The van der Waals surface area contributed by atoms with Gasteiger partial charge in [-0.2, -0.15) is 8.99 Å². The van der Waals surface area contributed by atoms with Crippen LogP contribution in [0.2, 0.25) is 0 Å². The van der Waals surface area contributed by atoms with E-state index >= 15 is 0 Å². The van der Waals surface area contributed by atoms with Gasteiger partial charge in [-0.3, -0.25) is 4.79 Å². The second kappa shape index (κ2) is 9.16. The number of sulfonamides is 1. The van der Waals surface area contributed by atoms with Crippen molar-refractivity contribution in [3.63, 3.8) is 0 Å². The molecule has 9 nitrogen and oxygen atoms in total. The molecule has 1 aliphatic heterocycles. The summed E-state index contributed by atoms with van der Waals surface area (Å²) in [4.78, 5) is 12.6. The fourth-order valence-corrected chi connectivity index (χ4v) is 5.51. The summed E-state index contributed by atoms with van der Waals surface area (Å²) < 4.78 is 28.3. The highest BCUT2D eigenvalue weighted by Crippen LogP contribution is 2.23. The Labute approximate surface area is 184 Å². The molecular formula is C20H22N6O3S2. The van der Waals surface area contributed by atoms with Gasteiger partial charge in [-0.05, 0) is 72.2 Å². The van der Waals surface area contributed by atoms with Crippen LogP contribution in [0.3, 0.4) is 0 Å². The van der Waals surface area contributed by atoms with E-state index in [9.17, 15) is 13.2 Å². The minimum atomic E-state index is -3.47. The number of benzene rings is 2. The zero-order valence-electron chi connectivity index (χ0n) is 16.9. The molecule has 0 saturated carbocycles. The van der Waals surface area contributed by atoms with Crippen molar-refractivity contribution in [2.24, 2.45) is 0 Å². The van der Waals surface area contributed by atoms with Gasteiger partial charge in [-0.25, -0.2) is 8.42 Å². The van der Waals surface area contributed by atoms with E-state index in [1.807, 2.05) is 31.2 Å². The first kappa shape index (κ1) is 21.5. The number of carbonyl (C=O) groups excluding carboxylic acids is 1. The van der Waals surface area contributed by atoms with E-state index in [2.05, 4.69) is 20.8 Å². The van der Waals surface area contributed by atoms with E-state index in [1.54, 1.807) is 16.8 Å². The number of nitrogens with zero attached hydrogens (tertiary/aromatic N) is 5. The van der Waals surface area contributed by atoms with E-state index in [0.29, 0.717) is 23.9 Å². The number of aryl methyl sites for hydroxylation is 1. The van der Waals surface area contributed by atoms with Crippen LogP contribution in [0.4, 0.5) is 5.69 Å². The molecule has 0 bridgehead atoms. The lowest BCUT2D eigenvalue weighted by Gasteiger charge is -2.15. The molecule has 0 unspecified atom stereocenters. The Hall–Kier alpha value is -2.76. The highest BCUT2D eigenvalue weighted by molar-refractivity contribution is 7.99. The Bertz CT molecular complexity index is 1170. The highest BCUT2D eigenvalue weighted by Gasteiger charge is 2.26. The van der Waals surface area contributed by atoms with Crippen LogP contribution in [-0.2, 0) is 14.8 Å². The Morgan fingerprint density at radius 3 is 2.58 bits per heavy atom. The van der Waals surface area contributed by atoms with E-state index in [1.165, 1.54) is 28.2 Å². The zero-order chi connectivity index (χ0) is 21.8. The van der Waals surface area contributed by atoms with Crippen molar-refractivity contribution < 1.29 is 13.2 Å². The van der Waals surface area contributed by atoms with Crippen molar-refractivity contribution >= 4 is 33.4 Å². The summed E-state index contributed by atoms with van der Waals surface area (Å²) in [6.45, 7) is 3.09. The lowest BCUT2D eigenvalue weighted by Crippen LogP contribution is -2.27. The topological polar surface area (TPSA) is 110 Å². The summed E-state index contributed by atoms with van der Waals surface area (Å²) in [5.74, 6) is -0.126. The minimum Gasteiger partial charge on any atom is -0.325 e. The van der Waals surface area contributed by atoms with Gasteiger partial charge in [0.05, 0.1) is 16.3 Å². The van der Waals surface area contributed by atoms with Crippen molar-refractivity contribution in [2.45, 2.75) is 29.8 Å². The van der Waals surface area contributed by atoms with E-state index in [0.717, 1.165) is 24.1 Å².